The molecule has 1 rings (SSSR count). The van der Waals surface area contributed by atoms with Gasteiger partial charge in [-0.1, -0.05) is 0 Å². The highest BCUT2D eigenvalue weighted by atomic mass is 16.6. The van der Waals surface area contributed by atoms with Gasteiger partial charge in [-0.25, -0.2) is 0 Å². The minimum Gasteiger partial charge on any atom is -0.389 e. The summed E-state index contributed by atoms with van der Waals surface area (Å²) in [6, 6.07) is 0. The van der Waals surface area contributed by atoms with Crippen LogP contribution < -0.4 is 5.73 Å². The fourth-order valence-electron chi connectivity index (χ4n) is 0.880. The van der Waals surface area contributed by atoms with Gasteiger partial charge in [0.25, 0.3) is 0 Å². The molecule has 0 amide bonds. The first kappa shape index (κ1) is 7.94. The van der Waals surface area contributed by atoms with Crippen LogP contribution in [0.2, 0.25) is 0 Å². The highest BCUT2D eigenvalue weighted by Gasteiger charge is 2.21. The molecule has 3 N–H and O–H groups in total. The van der Waals surface area contributed by atoms with Crippen molar-refractivity contribution in [3.8, 4) is 0 Å². The molecule has 0 saturated carbocycles. The fourth-order valence-corrected chi connectivity index (χ4v) is 0.880. The van der Waals surface area contributed by atoms with Crippen LogP contribution in [0.15, 0.2) is 0 Å². The van der Waals surface area contributed by atoms with E-state index in [0.29, 0.717) is 19.8 Å². The van der Waals surface area contributed by atoms with Crippen molar-refractivity contribution in [3.05, 3.63) is 0 Å². The summed E-state index contributed by atoms with van der Waals surface area (Å²) in [4.78, 5) is 0. The molecule has 10 heavy (non-hydrogen) atoms. The fraction of sp³-hybridized carbons (Fsp3) is 1.00. The van der Waals surface area contributed by atoms with E-state index < -0.39 is 6.10 Å². The molecule has 2 unspecified atom stereocenters. The van der Waals surface area contributed by atoms with Crippen molar-refractivity contribution >= 4 is 0 Å². The molecule has 0 aliphatic carbocycles. The molecule has 1 aliphatic heterocycles. The van der Waals surface area contributed by atoms with Gasteiger partial charge in [0.1, 0.15) is 6.10 Å². The van der Waals surface area contributed by atoms with Crippen LogP contribution in [0.25, 0.3) is 0 Å². The van der Waals surface area contributed by atoms with Crippen LogP contribution >= 0.6 is 0 Å². The smallest absolute Gasteiger partial charge is 0.108 e. The van der Waals surface area contributed by atoms with Gasteiger partial charge >= 0.3 is 0 Å². The molecular formula is C6H13NO3. The van der Waals surface area contributed by atoms with Crippen molar-refractivity contribution in [1.29, 1.82) is 0 Å². The van der Waals surface area contributed by atoms with Crippen LogP contribution in [0.1, 0.15) is 0 Å². The molecule has 2 atom stereocenters. The zero-order valence-corrected chi connectivity index (χ0v) is 5.82. The lowest BCUT2D eigenvalue weighted by Gasteiger charge is -2.26. The Balaban J connectivity index is 2.24. The van der Waals surface area contributed by atoms with Gasteiger partial charge < -0.3 is 20.3 Å². The van der Waals surface area contributed by atoms with Gasteiger partial charge in [-0.3, -0.25) is 0 Å². The van der Waals surface area contributed by atoms with Crippen molar-refractivity contribution in [1.82, 2.24) is 0 Å². The average molecular weight is 147 g/mol. The molecule has 0 radical (unpaired) electrons. The lowest BCUT2D eigenvalue weighted by atomic mass is 10.2. The normalized spacial score (nSPS) is 30.0. The lowest BCUT2D eigenvalue weighted by Crippen LogP contribution is -2.42. The first-order valence-corrected chi connectivity index (χ1v) is 3.42. The maximum absolute atomic E-state index is 9.15. The largest absolute Gasteiger partial charge is 0.389 e. The molecule has 0 aromatic heterocycles. The maximum atomic E-state index is 9.15. The summed E-state index contributed by atoms with van der Waals surface area (Å²) in [5.41, 5.74) is 5.22. The summed E-state index contributed by atoms with van der Waals surface area (Å²) in [5.74, 6) is 0. The Morgan fingerprint density at radius 2 is 2.40 bits per heavy atom. The molecule has 60 valence electrons. The summed E-state index contributed by atoms with van der Waals surface area (Å²) in [7, 11) is 0. The van der Waals surface area contributed by atoms with Crippen LogP contribution in [0.3, 0.4) is 0 Å². The predicted octanol–water partition coefficient (Wildman–Crippen LogP) is -1.28. The van der Waals surface area contributed by atoms with E-state index in [0.717, 1.165) is 0 Å². The van der Waals surface area contributed by atoms with E-state index in [4.69, 9.17) is 20.3 Å². The number of hydrogen-bond acceptors (Lipinski definition) is 4. The highest BCUT2D eigenvalue weighted by molar-refractivity contribution is 4.71. The summed E-state index contributed by atoms with van der Waals surface area (Å²) < 4.78 is 10.2. The van der Waals surface area contributed by atoms with Crippen LogP contribution in [-0.2, 0) is 9.47 Å². The van der Waals surface area contributed by atoms with Crippen LogP contribution in [0, 0.1) is 0 Å². The number of aliphatic hydroxyl groups excluding tert-OH is 1. The zero-order valence-electron chi connectivity index (χ0n) is 5.82. The summed E-state index contributed by atoms with van der Waals surface area (Å²) in [6.07, 6.45) is -0.806. The van der Waals surface area contributed by atoms with E-state index in [2.05, 4.69) is 0 Å². The number of rotatable bonds is 2. The molecule has 0 aromatic carbocycles. The van der Waals surface area contributed by atoms with Gasteiger partial charge in [0.05, 0.1) is 25.9 Å². The third-order valence-electron chi connectivity index (χ3n) is 1.51. The second-order valence-corrected chi connectivity index (χ2v) is 2.29. The van der Waals surface area contributed by atoms with E-state index in [9.17, 15) is 0 Å². The molecule has 0 spiro atoms. The van der Waals surface area contributed by atoms with Gasteiger partial charge in [-0.05, 0) is 0 Å². The predicted molar refractivity (Wildman–Crippen MR) is 35.6 cm³/mol. The van der Waals surface area contributed by atoms with Crippen molar-refractivity contribution < 1.29 is 14.6 Å². The van der Waals surface area contributed by atoms with Crippen LogP contribution in [0.4, 0.5) is 0 Å². The van der Waals surface area contributed by atoms with E-state index in [1.165, 1.54) is 0 Å². The summed E-state index contributed by atoms with van der Waals surface area (Å²) in [5, 5.41) is 9.15. The third-order valence-corrected chi connectivity index (χ3v) is 1.51. The monoisotopic (exact) mass is 147 g/mol. The third kappa shape index (κ3) is 1.91. The first-order valence-electron chi connectivity index (χ1n) is 3.42. The van der Waals surface area contributed by atoms with Gasteiger partial charge in [-0.15, -0.1) is 0 Å². The van der Waals surface area contributed by atoms with Crippen molar-refractivity contribution in [3.63, 3.8) is 0 Å². The van der Waals surface area contributed by atoms with Crippen molar-refractivity contribution in [2.45, 2.75) is 12.2 Å². The summed E-state index contributed by atoms with van der Waals surface area (Å²) in [6.45, 7) is 1.86. The van der Waals surface area contributed by atoms with Crippen LogP contribution in [0.5, 0.6) is 0 Å². The van der Waals surface area contributed by atoms with Crippen LogP contribution in [-0.4, -0.2) is 43.7 Å². The Morgan fingerprint density at radius 1 is 1.60 bits per heavy atom. The topological polar surface area (TPSA) is 64.7 Å². The lowest BCUT2D eigenvalue weighted by molar-refractivity contribution is -0.129. The molecule has 1 saturated heterocycles. The highest BCUT2D eigenvalue weighted by Crippen LogP contribution is 2.04. The Morgan fingerprint density at radius 3 is 2.90 bits per heavy atom. The number of ether oxygens (including phenoxy) is 2. The van der Waals surface area contributed by atoms with Gasteiger partial charge in [0.15, 0.2) is 0 Å². The average Bonchev–Trinajstić information content (AvgIpc) is 2.05. The van der Waals surface area contributed by atoms with Gasteiger partial charge in [0.2, 0.25) is 0 Å². The molecule has 1 aliphatic rings. The molecule has 1 heterocycles. The minimum absolute atomic E-state index is 0.223. The number of hydrogen-bond donors (Lipinski definition) is 2. The molecule has 0 bridgehead atoms. The Labute approximate surface area is 59.9 Å². The van der Waals surface area contributed by atoms with Crippen molar-refractivity contribution in [2.75, 3.05) is 26.4 Å². The Bertz CT molecular complexity index is 93.0. The van der Waals surface area contributed by atoms with Crippen molar-refractivity contribution in [2.24, 2.45) is 5.73 Å². The van der Waals surface area contributed by atoms with E-state index >= 15 is 0 Å². The van der Waals surface area contributed by atoms with E-state index in [-0.39, 0.29) is 12.6 Å². The Hall–Kier alpha value is -0.160. The standard InChI is InChI=1S/C6H13NO3/c7-3-5(8)6-4-9-1-2-10-6/h5-6,8H,1-4,7H2. The maximum Gasteiger partial charge on any atom is 0.108 e. The quantitative estimate of drug-likeness (QED) is 0.510. The number of aliphatic hydroxyl groups is 1. The molecule has 4 nitrogen and oxygen atoms in total. The molecule has 0 aromatic rings. The molecule has 4 heteroatoms. The second-order valence-electron chi connectivity index (χ2n) is 2.29. The number of nitrogens with two attached hydrogens (primary N) is 1. The minimum atomic E-state index is -0.583. The molecular weight excluding hydrogens is 134 g/mol. The SMILES string of the molecule is NCC(O)C1COCCO1. The zero-order chi connectivity index (χ0) is 7.40. The first-order chi connectivity index (χ1) is 4.84. The Kier molecular flexibility index (Phi) is 3.08. The van der Waals surface area contributed by atoms with E-state index in [1.807, 2.05) is 0 Å². The van der Waals surface area contributed by atoms with Gasteiger partial charge in [0, 0.05) is 6.54 Å². The van der Waals surface area contributed by atoms with Gasteiger partial charge in [-0.2, -0.15) is 0 Å². The summed E-state index contributed by atoms with van der Waals surface area (Å²) >= 11 is 0. The molecule has 1 fully saturated rings. The van der Waals surface area contributed by atoms with E-state index in [1.54, 1.807) is 0 Å². The second kappa shape index (κ2) is 3.88.